The van der Waals surface area contributed by atoms with Crippen LogP contribution < -0.4 is 10.6 Å². The number of hydrogen-bond donors (Lipinski definition) is 3. The third kappa shape index (κ3) is 11.9. The Hall–Kier alpha value is -5.20. The summed E-state index contributed by atoms with van der Waals surface area (Å²) in [6.07, 6.45) is 6.10. The number of ether oxygens (including phenoxy) is 6. The van der Waals surface area contributed by atoms with E-state index >= 15 is 4.79 Å². The highest BCUT2D eigenvalue weighted by Crippen LogP contribution is 2.58. The average molecular weight is 974 g/mol. The predicted molar refractivity (Wildman–Crippen MR) is 254 cm³/mol. The van der Waals surface area contributed by atoms with Crippen molar-refractivity contribution >= 4 is 41.8 Å². The molecule has 2 aromatic rings. The fourth-order valence-electron chi connectivity index (χ4n) is 10.2. The standard InChI is InChI=1S/C53H71N3O14/c1-8-10-12-25-52(26-13-11-9-2)68-41-38-28-53(49(63)54-29-35-15-14-16-36(27-35)46(60)55-37(31-57)22-24-40(59)67-50(3,4)5)43(47(61)65-38)56(70-44(53)42(41)69-52)30-34-19-17-33(18-20-34)21-23-39(58)66-45-48(62)64-32-51(45,6)7/h14-21,23,27,37-38,41-45,57H,8-13,22,24-26,28-32H2,1-7H3,(H,54,63)(H,55,60)/t37-,38?,41-,42-,43-,44+,45-,53?/m0/s1. The Kier molecular flexibility index (Phi) is 16.6. The van der Waals surface area contributed by atoms with Crippen molar-refractivity contribution in [3.8, 4) is 0 Å². The van der Waals surface area contributed by atoms with E-state index < -0.39 is 101 Å². The van der Waals surface area contributed by atoms with Crippen molar-refractivity contribution in [1.82, 2.24) is 15.7 Å². The quantitative estimate of drug-likeness (QED) is 0.0521. The highest BCUT2D eigenvalue weighted by atomic mass is 16.8. The van der Waals surface area contributed by atoms with Gasteiger partial charge in [0, 0.05) is 49.3 Å². The molecule has 17 nitrogen and oxygen atoms in total. The Morgan fingerprint density at radius 1 is 0.929 bits per heavy atom. The number of nitrogens with zero attached hydrogens (tertiary/aromatic N) is 1. The minimum absolute atomic E-state index is 0.0105. The second kappa shape index (κ2) is 22.1. The van der Waals surface area contributed by atoms with Crippen molar-refractivity contribution < 1.29 is 67.1 Å². The average Bonchev–Trinajstić information content (AvgIpc) is 3.96. The molecule has 7 rings (SSSR count). The normalized spacial score (nSPS) is 26.8. The minimum Gasteiger partial charge on any atom is -0.462 e. The second-order valence-corrected chi connectivity index (χ2v) is 21.1. The Labute approximate surface area is 410 Å². The van der Waals surface area contributed by atoms with Crippen LogP contribution in [0.15, 0.2) is 54.6 Å². The highest BCUT2D eigenvalue weighted by molar-refractivity contribution is 5.95. The lowest BCUT2D eigenvalue weighted by atomic mass is 9.62. The van der Waals surface area contributed by atoms with Crippen LogP contribution in [0.1, 0.15) is 146 Å². The molecule has 0 radical (unpaired) electrons. The number of amides is 2. The summed E-state index contributed by atoms with van der Waals surface area (Å²) in [6.45, 7) is 13.1. The number of nitrogens with one attached hydrogen (secondary N) is 2. The van der Waals surface area contributed by atoms with Crippen molar-refractivity contribution in [2.24, 2.45) is 10.8 Å². The van der Waals surface area contributed by atoms with Gasteiger partial charge in [0.05, 0.1) is 19.2 Å². The van der Waals surface area contributed by atoms with Gasteiger partial charge in [-0.25, -0.2) is 9.59 Å². The molecule has 1 saturated carbocycles. The fraction of sp³-hybridized carbons (Fsp3) is 0.623. The SMILES string of the molecule is CCCCCC1(CCCCC)O[C@@H]2[C@H]3ON(Cc4ccc(C=CC(=O)O[C@H]5C(=O)OCC5(C)C)cc4)[C@H]4C(=O)OC(CC34C(=O)NCc3cccc(C(=O)N[C@H](CO)CCC(=O)OC(C)(C)C)c3)[C@@H]2O1. The Balaban J connectivity index is 1.10. The molecule has 17 heteroatoms. The lowest BCUT2D eigenvalue weighted by Crippen LogP contribution is -2.69. The molecule has 4 saturated heterocycles. The maximum absolute atomic E-state index is 15.1. The summed E-state index contributed by atoms with van der Waals surface area (Å²) in [5.74, 6) is -4.13. The minimum atomic E-state index is -1.45. The van der Waals surface area contributed by atoms with Gasteiger partial charge in [-0.05, 0) is 74.9 Å². The largest absolute Gasteiger partial charge is 0.462 e. The van der Waals surface area contributed by atoms with Crippen LogP contribution >= 0.6 is 0 Å². The number of carbonyl (C=O) groups excluding carboxylic acids is 6. The molecule has 2 unspecified atom stereocenters. The number of unbranched alkanes of at least 4 members (excludes halogenated alkanes) is 4. The zero-order valence-corrected chi connectivity index (χ0v) is 41.6. The van der Waals surface area contributed by atoms with Gasteiger partial charge in [-0.2, -0.15) is 5.06 Å². The third-order valence-corrected chi connectivity index (χ3v) is 13.8. The molecule has 1 aliphatic carbocycles. The Morgan fingerprint density at radius 3 is 2.27 bits per heavy atom. The van der Waals surface area contributed by atoms with Gasteiger partial charge in [-0.15, -0.1) is 0 Å². The van der Waals surface area contributed by atoms with Crippen LogP contribution in [-0.4, -0.2) is 113 Å². The van der Waals surface area contributed by atoms with E-state index in [1.807, 2.05) is 12.1 Å². The number of fused-ring (bicyclic) bond motifs is 4. The molecule has 8 atom stereocenters. The molecule has 5 fully saturated rings. The Morgan fingerprint density at radius 2 is 1.63 bits per heavy atom. The van der Waals surface area contributed by atoms with Crippen molar-refractivity contribution in [1.29, 1.82) is 0 Å². The molecule has 2 bridgehead atoms. The second-order valence-electron chi connectivity index (χ2n) is 21.1. The lowest BCUT2D eigenvalue weighted by Gasteiger charge is -2.48. The molecule has 0 spiro atoms. The van der Waals surface area contributed by atoms with Gasteiger partial charge in [0.15, 0.2) is 11.8 Å². The number of hydroxylamine groups is 2. The number of cyclic esters (lactones) is 1. The first kappa shape index (κ1) is 52.6. The topological polar surface area (TPSA) is 215 Å². The molecule has 5 aliphatic rings. The summed E-state index contributed by atoms with van der Waals surface area (Å²) in [5, 5.41) is 17.4. The van der Waals surface area contributed by atoms with Crippen LogP contribution in [0.2, 0.25) is 0 Å². The van der Waals surface area contributed by atoms with Crippen molar-refractivity contribution in [2.75, 3.05) is 13.2 Å². The number of aliphatic hydroxyl groups is 1. The molecule has 2 amide bonds. The number of aliphatic hydroxyl groups excluding tert-OH is 1. The summed E-state index contributed by atoms with van der Waals surface area (Å²) < 4.78 is 36.0. The van der Waals surface area contributed by atoms with E-state index in [-0.39, 0.29) is 51.1 Å². The molecule has 70 heavy (non-hydrogen) atoms. The van der Waals surface area contributed by atoms with Crippen LogP contribution in [0.4, 0.5) is 0 Å². The molecular formula is C53H71N3O14. The predicted octanol–water partition coefficient (Wildman–Crippen LogP) is 6.16. The summed E-state index contributed by atoms with van der Waals surface area (Å²) in [4.78, 5) is 86.8. The monoisotopic (exact) mass is 973 g/mol. The van der Waals surface area contributed by atoms with Gasteiger partial charge in [-0.3, -0.25) is 24.0 Å². The van der Waals surface area contributed by atoms with Gasteiger partial charge < -0.3 is 44.2 Å². The van der Waals surface area contributed by atoms with Crippen LogP contribution in [0.3, 0.4) is 0 Å². The molecule has 3 N–H and O–H groups in total. The number of hydrogen-bond acceptors (Lipinski definition) is 15. The van der Waals surface area contributed by atoms with Crippen LogP contribution in [0.5, 0.6) is 0 Å². The van der Waals surface area contributed by atoms with E-state index in [0.29, 0.717) is 24.0 Å². The van der Waals surface area contributed by atoms with E-state index in [1.165, 1.54) is 11.1 Å². The fourth-order valence-corrected chi connectivity index (χ4v) is 10.2. The first-order valence-corrected chi connectivity index (χ1v) is 24.9. The number of carbonyl (C=O) groups is 6. The summed E-state index contributed by atoms with van der Waals surface area (Å²) in [6, 6.07) is 12.1. The molecular weight excluding hydrogens is 903 g/mol. The molecule has 4 heterocycles. The van der Waals surface area contributed by atoms with Crippen molar-refractivity contribution in [3.05, 3.63) is 76.9 Å². The molecule has 382 valence electrons. The van der Waals surface area contributed by atoms with E-state index in [0.717, 1.165) is 44.1 Å². The first-order valence-electron chi connectivity index (χ1n) is 24.9. The lowest BCUT2D eigenvalue weighted by molar-refractivity contribution is -0.224. The molecule has 2 aromatic carbocycles. The highest BCUT2D eigenvalue weighted by Gasteiger charge is 2.76. The van der Waals surface area contributed by atoms with Crippen LogP contribution in [-0.2, 0) is 70.3 Å². The number of rotatable bonds is 22. The van der Waals surface area contributed by atoms with E-state index in [4.69, 9.17) is 33.3 Å². The van der Waals surface area contributed by atoms with Gasteiger partial charge in [-0.1, -0.05) is 89.8 Å². The third-order valence-electron chi connectivity index (χ3n) is 13.8. The van der Waals surface area contributed by atoms with E-state index in [9.17, 15) is 29.1 Å². The van der Waals surface area contributed by atoms with Gasteiger partial charge in [0.25, 0.3) is 5.91 Å². The zero-order chi connectivity index (χ0) is 50.4. The summed E-state index contributed by atoms with van der Waals surface area (Å²) in [7, 11) is 0. The van der Waals surface area contributed by atoms with Gasteiger partial charge in [0.2, 0.25) is 12.0 Å². The van der Waals surface area contributed by atoms with Gasteiger partial charge >= 0.3 is 23.9 Å². The maximum atomic E-state index is 15.1. The van der Waals surface area contributed by atoms with E-state index in [2.05, 4.69) is 24.5 Å². The zero-order valence-electron chi connectivity index (χ0n) is 41.6. The molecule has 0 aromatic heterocycles. The Bertz CT molecular complexity index is 2250. The number of benzene rings is 2. The van der Waals surface area contributed by atoms with E-state index in [1.54, 1.807) is 77.1 Å². The van der Waals surface area contributed by atoms with Crippen molar-refractivity contribution in [2.45, 2.75) is 186 Å². The van der Waals surface area contributed by atoms with Crippen LogP contribution in [0, 0.1) is 10.8 Å². The number of esters is 4. The molecule has 4 aliphatic heterocycles. The maximum Gasteiger partial charge on any atom is 0.348 e. The summed E-state index contributed by atoms with van der Waals surface area (Å²) >= 11 is 0. The summed E-state index contributed by atoms with van der Waals surface area (Å²) in [5.41, 5.74) is -0.428. The van der Waals surface area contributed by atoms with Crippen molar-refractivity contribution in [3.63, 3.8) is 0 Å². The smallest absolute Gasteiger partial charge is 0.348 e. The van der Waals surface area contributed by atoms with Crippen LogP contribution in [0.25, 0.3) is 6.08 Å². The first-order chi connectivity index (χ1) is 33.3. The van der Waals surface area contributed by atoms with Gasteiger partial charge in [0.1, 0.15) is 42.0 Å².